The molecule has 1 aliphatic carbocycles. The average molecular weight is 262 g/mol. The molecular formula is C16H24NO2+. The van der Waals surface area contributed by atoms with Gasteiger partial charge in [0, 0.05) is 24.2 Å². The van der Waals surface area contributed by atoms with E-state index >= 15 is 0 Å². The molecule has 1 spiro atoms. The molecule has 1 heterocycles. The Hall–Kier alpha value is -0.900. The van der Waals surface area contributed by atoms with Crippen molar-refractivity contribution in [2.75, 3.05) is 13.2 Å². The summed E-state index contributed by atoms with van der Waals surface area (Å²) in [5, 5.41) is 0. The minimum Gasteiger partial charge on any atom is -0.354 e. The lowest BCUT2D eigenvalue weighted by molar-refractivity contribution is -0.466. The highest BCUT2D eigenvalue weighted by molar-refractivity contribution is 5.23. The van der Waals surface area contributed by atoms with Crippen molar-refractivity contribution in [1.29, 1.82) is 0 Å². The van der Waals surface area contributed by atoms with Gasteiger partial charge in [-0.25, -0.2) is 0 Å². The van der Waals surface area contributed by atoms with Gasteiger partial charge in [0.15, 0.2) is 5.79 Å². The Morgan fingerprint density at radius 2 is 1.74 bits per heavy atom. The van der Waals surface area contributed by atoms with Crippen molar-refractivity contribution in [3.63, 3.8) is 0 Å². The zero-order chi connectivity index (χ0) is 13.5. The summed E-state index contributed by atoms with van der Waals surface area (Å²) in [5.74, 6) is 0.0288. The van der Waals surface area contributed by atoms with Crippen molar-refractivity contribution in [3.05, 3.63) is 35.9 Å². The van der Waals surface area contributed by atoms with Gasteiger partial charge >= 0.3 is 0 Å². The fourth-order valence-electron chi connectivity index (χ4n) is 3.69. The van der Waals surface area contributed by atoms with Crippen LogP contribution < -0.4 is 5.73 Å². The van der Waals surface area contributed by atoms with Gasteiger partial charge in [-0.3, -0.25) is 0 Å². The molecule has 104 valence electrons. The van der Waals surface area contributed by atoms with Gasteiger partial charge in [-0.05, 0) is 5.56 Å². The Bertz CT molecular complexity index is 437. The molecule has 1 aromatic carbocycles. The first-order chi connectivity index (χ1) is 9.03. The average Bonchev–Trinajstić information content (AvgIpc) is 2.83. The van der Waals surface area contributed by atoms with Crippen LogP contribution in [0.15, 0.2) is 30.3 Å². The minimum atomic E-state index is -0.377. The van der Waals surface area contributed by atoms with E-state index in [1.807, 2.05) is 0 Å². The standard InChI is InChI=1S/C16H23NO2/c1-15(2)11-16(18-8-9-19-16)10-13(14(15)17)12-6-4-3-5-7-12/h3-7,13-14H,8-11,17H2,1-2H3/p+1/t13-,14+/m0/s1. The molecule has 0 amide bonds. The first kappa shape index (κ1) is 13.1. The van der Waals surface area contributed by atoms with Gasteiger partial charge in [0.05, 0.1) is 19.3 Å². The zero-order valence-corrected chi connectivity index (χ0v) is 11.9. The second-order valence-electron chi connectivity index (χ2n) is 6.60. The van der Waals surface area contributed by atoms with Crippen LogP contribution in [0.5, 0.6) is 0 Å². The maximum Gasteiger partial charge on any atom is 0.170 e. The van der Waals surface area contributed by atoms with E-state index in [2.05, 4.69) is 49.9 Å². The molecular weight excluding hydrogens is 238 g/mol. The molecule has 0 radical (unpaired) electrons. The van der Waals surface area contributed by atoms with Gasteiger partial charge in [0.2, 0.25) is 0 Å². The zero-order valence-electron chi connectivity index (χ0n) is 11.9. The fourth-order valence-corrected chi connectivity index (χ4v) is 3.69. The van der Waals surface area contributed by atoms with Crippen LogP contribution in [0.25, 0.3) is 0 Å². The summed E-state index contributed by atoms with van der Waals surface area (Å²) in [7, 11) is 0. The van der Waals surface area contributed by atoms with E-state index < -0.39 is 0 Å². The van der Waals surface area contributed by atoms with Gasteiger partial charge < -0.3 is 15.2 Å². The second-order valence-corrected chi connectivity index (χ2v) is 6.60. The lowest BCUT2D eigenvalue weighted by Gasteiger charge is -2.47. The Labute approximate surface area is 115 Å². The van der Waals surface area contributed by atoms with E-state index in [0.717, 1.165) is 26.1 Å². The van der Waals surface area contributed by atoms with Crippen molar-refractivity contribution in [2.24, 2.45) is 5.41 Å². The van der Waals surface area contributed by atoms with Crippen molar-refractivity contribution >= 4 is 0 Å². The summed E-state index contributed by atoms with van der Waals surface area (Å²) in [6.07, 6.45) is 1.87. The van der Waals surface area contributed by atoms with Crippen molar-refractivity contribution < 1.29 is 15.2 Å². The number of rotatable bonds is 1. The Morgan fingerprint density at radius 1 is 1.11 bits per heavy atom. The Kier molecular flexibility index (Phi) is 3.16. The maximum absolute atomic E-state index is 5.97. The van der Waals surface area contributed by atoms with Crippen LogP contribution >= 0.6 is 0 Å². The van der Waals surface area contributed by atoms with Crippen molar-refractivity contribution in [1.82, 2.24) is 0 Å². The fraction of sp³-hybridized carbons (Fsp3) is 0.625. The highest BCUT2D eigenvalue weighted by Crippen LogP contribution is 2.49. The Morgan fingerprint density at radius 3 is 2.37 bits per heavy atom. The number of hydrogen-bond acceptors (Lipinski definition) is 2. The molecule has 1 aliphatic heterocycles. The smallest absolute Gasteiger partial charge is 0.170 e. The van der Waals surface area contributed by atoms with Crippen molar-refractivity contribution in [2.45, 2.75) is 44.4 Å². The van der Waals surface area contributed by atoms with E-state index in [1.54, 1.807) is 0 Å². The monoisotopic (exact) mass is 262 g/mol. The summed E-state index contributed by atoms with van der Waals surface area (Å²) in [4.78, 5) is 0. The van der Waals surface area contributed by atoms with Gasteiger partial charge in [-0.2, -0.15) is 0 Å². The molecule has 2 aliphatic rings. The van der Waals surface area contributed by atoms with Crippen LogP contribution in [0.4, 0.5) is 0 Å². The molecule has 1 aromatic rings. The number of benzene rings is 1. The molecule has 3 heteroatoms. The third kappa shape index (κ3) is 2.31. The summed E-state index contributed by atoms with van der Waals surface area (Å²) in [6, 6.07) is 11.1. The molecule has 2 atom stereocenters. The quantitative estimate of drug-likeness (QED) is 0.840. The predicted octanol–water partition coefficient (Wildman–Crippen LogP) is 1.94. The molecule has 3 N–H and O–H groups in total. The molecule has 0 bridgehead atoms. The summed E-state index contributed by atoms with van der Waals surface area (Å²) in [5.41, 5.74) is 5.93. The lowest BCUT2D eigenvalue weighted by Crippen LogP contribution is -2.73. The predicted molar refractivity (Wildman–Crippen MR) is 73.5 cm³/mol. The van der Waals surface area contributed by atoms with Gasteiger partial charge in [0.25, 0.3) is 0 Å². The molecule has 0 unspecified atom stereocenters. The normalized spacial score (nSPS) is 32.6. The molecule has 19 heavy (non-hydrogen) atoms. The first-order valence-corrected chi connectivity index (χ1v) is 7.18. The van der Waals surface area contributed by atoms with Gasteiger partial charge in [-0.15, -0.1) is 0 Å². The van der Waals surface area contributed by atoms with Crippen LogP contribution in [0.2, 0.25) is 0 Å². The minimum absolute atomic E-state index is 0.128. The van der Waals surface area contributed by atoms with E-state index in [4.69, 9.17) is 9.47 Å². The third-order valence-corrected chi connectivity index (χ3v) is 4.79. The Balaban J connectivity index is 1.94. The van der Waals surface area contributed by atoms with Crippen LogP contribution in [-0.4, -0.2) is 25.0 Å². The second kappa shape index (κ2) is 4.58. The molecule has 1 saturated heterocycles. The van der Waals surface area contributed by atoms with Crippen LogP contribution in [-0.2, 0) is 9.47 Å². The number of quaternary nitrogens is 1. The highest BCUT2D eigenvalue weighted by atomic mass is 16.7. The largest absolute Gasteiger partial charge is 0.354 e. The molecule has 3 nitrogen and oxygen atoms in total. The van der Waals surface area contributed by atoms with Gasteiger partial charge in [-0.1, -0.05) is 44.2 Å². The van der Waals surface area contributed by atoms with E-state index in [1.165, 1.54) is 5.56 Å². The molecule has 3 rings (SSSR count). The topological polar surface area (TPSA) is 46.1 Å². The van der Waals surface area contributed by atoms with Crippen LogP contribution in [0.3, 0.4) is 0 Å². The lowest BCUT2D eigenvalue weighted by atomic mass is 9.64. The number of ether oxygens (including phenoxy) is 2. The van der Waals surface area contributed by atoms with Crippen molar-refractivity contribution in [3.8, 4) is 0 Å². The first-order valence-electron chi connectivity index (χ1n) is 7.18. The molecule has 1 saturated carbocycles. The van der Waals surface area contributed by atoms with Crippen LogP contribution in [0.1, 0.15) is 38.2 Å². The van der Waals surface area contributed by atoms with E-state index in [9.17, 15) is 0 Å². The molecule has 0 aromatic heterocycles. The highest BCUT2D eigenvalue weighted by Gasteiger charge is 2.54. The van der Waals surface area contributed by atoms with E-state index in [0.29, 0.717) is 12.0 Å². The van der Waals surface area contributed by atoms with Crippen LogP contribution in [0, 0.1) is 5.41 Å². The number of hydrogen-bond donors (Lipinski definition) is 1. The molecule has 2 fully saturated rings. The van der Waals surface area contributed by atoms with E-state index in [-0.39, 0.29) is 11.2 Å². The summed E-state index contributed by atoms with van der Waals surface area (Å²) < 4.78 is 11.9. The summed E-state index contributed by atoms with van der Waals surface area (Å²) in [6.45, 7) is 6.01. The maximum atomic E-state index is 5.97. The van der Waals surface area contributed by atoms with Gasteiger partial charge in [0.1, 0.15) is 0 Å². The SMILES string of the molecule is CC1(C)CC2(C[C@@H](c3ccccc3)[C@H]1[NH3+])OCCO2. The third-order valence-electron chi connectivity index (χ3n) is 4.79. The summed E-state index contributed by atoms with van der Waals surface area (Å²) >= 11 is 0.